The van der Waals surface area contributed by atoms with Crippen LogP contribution < -0.4 is 15.6 Å². The highest BCUT2D eigenvalue weighted by Crippen LogP contribution is 2.27. The fraction of sp³-hybridized carbons (Fsp3) is 0.333. The van der Waals surface area contributed by atoms with Crippen molar-refractivity contribution in [2.75, 3.05) is 13.1 Å². The standard InChI is InChI=1S/C18H17ClFN3O2/c1-11-9-22-5-4-16(11)25-17-7-18(24)23(10-14(17)19)13-3-2-12(8-21)15(20)6-13/h2-3,6-7,10-11,16,22H,4-5,9H2,1H3. The van der Waals surface area contributed by atoms with E-state index in [1.165, 1.54) is 29.0 Å². The Bertz CT molecular complexity index is 891. The Kier molecular flexibility index (Phi) is 5.07. The molecule has 0 bridgehead atoms. The minimum atomic E-state index is -0.688. The molecule has 0 saturated carbocycles. The van der Waals surface area contributed by atoms with E-state index in [9.17, 15) is 9.18 Å². The molecule has 1 aromatic carbocycles. The van der Waals surface area contributed by atoms with Crippen molar-refractivity contribution in [3.63, 3.8) is 0 Å². The molecule has 25 heavy (non-hydrogen) atoms. The molecule has 0 amide bonds. The third kappa shape index (κ3) is 3.68. The average molecular weight is 362 g/mol. The molecule has 2 atom stereocenters. The van der Waals surface area contributed by atoms with E-state index in [1.54, 1.807) is 6.07 Å². The van der Waals surface area contributed by atoms with Crippen molar-refractivity contribution in [1.29, 1.82) is 5.26 Å². The molecule has 1 aliphatic heterocycles. The number of benzene rings is 1. The van der Waals surface area contributed by atoms with Gasteiger partial charge in [-0.25, -0.2) is 4.39 Å². The lowest BCUT2D eigenvalue weighted by Crippen LogP contribution is -2.41. The maximum Gasteiger partial charge on any atom is 0.258 e. The lowest BCUT2D eigenvalue weighted by Gasteiger charge is -2.30. The maximum atomic E-state index is 13.8. The number of rotatable bonds is 3. The van der Waals surface area contributed by atoms with Gasteiger partial charge in [-0.3, -0.25) is 9.36 Å². The monoisotopic (exact) mass is 361 g/mol. The number of piperidine rings is 1. The van der Waals surface area contributed by atoms with Gasteiger partial charge in [-0.15, -0.1) is 0 Å². The van der Waals surface area contributed by atoms with Crippen LogP contribution in [-0.2, 0) is 0 Å². The first-order chi connectivity index (χ1) is 12.0. The number of nitrogens with one attached hydrogen (secondary N) is 1. The van der Waals surface area contributed by atoms with E-state index in [4.69, 9.17) is 21.6 Å². The topological polar surface area (TPSA) is 67.0 Å². The van der Waals surface area contributed by atoms with Crippen LogP contribution in [0.2, 0.25) is 5.02 Å². The fourth-order valence-electron chi connectivity index (χ4n) is 2.86. The van der Waals surface area contributed by atoms with E-state index in [1.807, 2.05) is 0 Å². The third-order valence-corrected chi connectivity index (χ3v) is 4.59. The van der Waals surface area contributed by atoms with Crippen molar-refractivity contribution in [2.45, 2.75) is 19.4 Å². The summed E-state index contributed by atoms with van der Waals surface area (Å²) in [7, 11) is 0. The van der Waals surface area contributed by atoms with Crippen LogP contribution >= 0.6 is 11.6 Å². The summed E-state index contributed by atoms with van der Waals surface area (Å²) in [6, 6.07) is 7.01. The van der Waals surface area contributed by atoms with Gasteiger partial charge in [0, 0.05) is 24.7 Å². The number of nitriles is 1. The van der Waals surface area contributed by atoms with Gasteiger partial charge in [0.15, 0.2) is 0 Å². The predicted octanol–water partition coefficient (Wildman–Crippen LogP) is 2.88. The number of hydrogen-bond acceptors (Lipinski definition) is 4. The van der Waals surface area contributed by atoms with Gasteiger partial charge >= 0.3 is 0 Å². The van der Waals surface area contributed by atoms with Crippen LogP contribution in [0.3, 0.4) is 0 Å². The van der Waals surface area contributed by atoms with Crippen molar-refractivity contribution >= 4 is 11.6 Å². The number of pyridine rings is 1. The quantitative estimate of drug-likeness (QED) is 0.912. The molecule has 3 rings (SSSR count). The number of ether oxygens (including phenoxy) is 1. The van der Waals surface area contributed by atoms with Crippen LogP contribution in [0.15, 0.2) is 35.3 Å². The molecular formula is C18H17ClFN3O2. The Hall–Kier alpha value is -2.36. The second-order valence-corrected chi connectivity index (χ2v) is 6.50. The molecule has 1 N–H and O–H groups in total. The van der Waals surface area contributed by atoms with Gasteiger partial charge in [-0.2, -0.15) is 5.26 Å². The van der Waals surface area contributed by atoms with E-state index in [2.05, 4.69) is 12.2 Å². The SMILES string of the molecule is CC1CNCCC1Oc1cc(=O)n(-c2ccc(C#N)c(F)c2)cc1Cl. The number of halogens is 2. The molecule has 1 aromatic heterocycles. The second-order valence-electron chi connectivity index (χ2n) is 6.10. The summed E-state index contributed by atoms with van der Waals surface area (Å²) >= 11 is 6.27. The van der Waals surface area contributed by atoms with Gasteiger partial charge in [-0.1, -0.05) is 18.5 Å². The van der Waals surface area contributed by atoms with Gasteiger partial charge in [0.1, 0.15) is 23.7 Å². The van der Waals surface area contributed by atoms with Gasteiger partial charge in [0.2, 0.25) is 0 Å². The Balaban J connectivity index is 1.91. The van der Waals surface area contributed by atoms with E-state index < -0.39 is 5.82 Å². The second kappa shape index (κ2) is 7.26. The molecule has 2 heterocycles. The number of hydrogen-bond donors (Lipinski definition) is 1. The fourth-order valence-corrected chi connectivity index (χ4v) is 3.05. The van der Waals surface area contributed by atoms with Crippen molar-refractivity contribution in [1.82, 2.24) is 9.88 Å². The average Bonchev–Trinajstić information content (AvgIpc) is 2.59. The first-order valence-corrected chi connectivity index (χ1v) is 8.37. The van der Waals surface area contributed by atoms with E-state index in [0.29, 0.717) is 17.4 Å². The van der Waals surface area contributed by atoms with E-state index >= 15 is 0 Å². The molecule has 0 spiro atoms. The van der Waals surface area contributed by atoms with Gasteiger partial charge < -0.3 is 10.1 Å². The van der Waals surface area contributed by atoms with Crippen LogP contribution in [0.4, 0.5) is 4.39 Å². The zero-order valence-electron chi connectivity index (χ0n) is 13.6. The minimum Gasteiger partial charge on any atom is -0.488 e. The molecular weight excluding hydrogens is 345 g/mol. The summed E-state index contributed by atoms with van der Waals surface area (Å²) in [5.74, 6) is -0.0532. The molecule has 0 radical (unpaired) electrons. The summed E-state index contributed by atoms with van der Waals surface area (Å²) in [6.45, 7) is 3.78. The zero-order chi connectivity index (χ0) is 18.0. The Morgan fingerprint density at radius 1 is 1.44 bits per heavy atom. The summed E-state index contributed by atoms with van der Waals surface area (Å²) in [6.07, 6.45) is 2.23. The smallest absolute Gasteiger partial charge is 0.258 e. The highest BCUT2D eigenvalue weighted by molar-refractivity contribution is 6.31. The minimum absolute atomic E-state index is 0.0126. The van der Waals surface area contributed by atoms with E-state index in [0.717, 1.165) is 25.6 Å². The zero-order valence-corrected chi connectivity index (χ0v) is 14.4. The molecule has 2 unspecified atom stereocenters. The van der Waals surface area contributed by atoms with Crippen LogP contribution in [0.5, 0.6) is 5.75 Å². The Morgan fingerprint density at radius 2 is 2.24 bits per heavy atom. The third-order valence-electron chi connectivity index (χ3n) is 4.31. The lowest BCUT2D eigenvalue weighted by molar-refractivity contribution is 0.112. The van der Waals surface area contributed by atoms with Crippen LogP contribution in [0.1, 0.15) is 18.9 Å². The molecule has 2 aromatic rings. The highest BCUT2D eigenvalue weighted by atomic mass is 35.5. The molecule has 1 saturated heterocycles. The Labute approximate surface area is 149 Å². The maximum absolute atomic E-state index is 13.8. The van der Waals surface area contributed by atoms with Crippen LogP contribution in [0, 0.1) is 23.1 Å². The van der Waals surface area contributed by atoms with Crippen LogP contribution in [0.25, 0.3) is 5.69 Å². The van der Waals surface area contributed by atoms with Crippen molar-refractivity contribution in [2.24, 2.45) is 5.92 Å². The van der Waals surface area contributed by atoms with Crippen LogP contribution in [-0.4, -0.2) is 23.8 Å². The predicted molar refractivity (Wildman–Crippen MR) is 92.8 cm³/mol. The summed E-state index contributed by atoms with van der Waals surface area (Å²) in [4.78, 5) is 12.4. The summed E-state index contributed by atoms with van der Waals surface area (Å²) in [5.41, 5.74) is -0.168. The highest BCUT2D eigenvalue weighted by Gasteiger charge is 2.24. The first-order valence-electron chi connectivity index (χ1n) is 7.99. The number of aromatic nitrogens is 1. The molecule has 130 valence electrons. The van der Waals surface area contributed by atoms with Gasteiger partial charge in [0.05, 0.1) is 16.3 Å². The largest absolute Gasteiger partial charge is 0.488 e. The molecule has 0 aliphatic carbocycles. The van der Waals surface area contributed by atoms with Crippen molar-refractivity contribution in [3.8, 4) is 17.5 Å². The number of nitrogens with zero attached hydrogens (tertiary/aromatic N) is 2. The molecule has 1 aliphatic rings. The Morgan fingerprint density at radius 3 is 2.92 bits per heavy atom. The summed E-state index contributed by atoms with van der Waals surface area (Å²) in [5, 5.41) is 12.3. The van der Waals surface area contributed by atoms with Gasteiger partial charge in [0.25, 0.3) is 5.56 Å². The molecule has 5 nitrogen and oxygen atoms in total. The molecule has 7 heteroatoms. The van der Waals surface area contributed by atoms with E-state index in [-0.39, 0.29) is 22.2 Å². The van der Waals surface area contributed by atoms with Gasteiger partial charge in [-0.05, 0) is 31.2 Å². The van der Waals surface area contributed by atoms with Crippen molar-refractivity contribution in [3.05, 3.63) is 57.2 Å². The lowest BCUT2D eigenvalue weighted by atomic mass is 9.98. The molecule has 1 fully saturated rings. The van der Waals surface area contributed by atoms with Crippen molar-refractivity contribution < 1.29 is 9.13 Å². The first kappa shape index (κ1) is 17.5. The normalized spacial score (nSPS) is 20.1. The summed E-state index contributed by atoms with van der Waals surface area (Å²) < 4.78 is 21.0.